The van der Waals surface area contributed by atoms with Crippen LogP contribution in [0.15, 0.2) is 23.8 Å². The third kappa shape index (κ3) is 15.7. The molecule has 24 aliphatic carbocycles. The lowest BCUT2D eigenvalue weighted by atomic mass is 9.42. The molecule has 0 aromatic heterocycles. The van der Waals surface area contributed by atoms with E-state index in [0.29, 0.717) is 104 Å². The summed E-state index contributed by atoms with van der Waals surface area (Å²) in [5, 5.41) is 31.4. The molecule has 23 saturated carbocycles. The van der Waals surface area contributed by atoms with Crippen LogP contribution in [0.1, 0.15) is 432 Å². The van der Waals surface area contributed by atoms with Crippen molar-refractivity contribution in [1.82, 2.24) is 0 Å². The van der Waals surface area contributed by atoms with Gasteiger partial charge in [-0.1, -0.05) is 174 Å². The first-order chi connectivity index (χ1) is 69.6. The Morgan fingerprint density at radius 1 is 0.295 bits per heavy atom. The van der Waals surface area contributed by atoms with Gasteiger partial charge in [-0.3, -0.25) is 9.59 Å². The van der Waals surface area contributed by atoms with E-state index in [1.54, 1.807) is 5.57 Å². The lowest BCUT2D eigenvalue weighted by Crippen LogP contribution is -2.59. The van der Waals surface area contributed by atoms with Crippen LogP contribution in [0.5, 0.6) is 0 Å². The van der Waals surface area contributed by atoms with Crippen molar-refractivity contribution in [2.24, 2.45) is 237 Å². The Hall–Kier alpha value is -1.70. The SMILES string of the molecule is C=C1C[C@@H]2[C@H](CC[C@@]3(C)[C@H]2CCC32OCCO2)[C@@]2(C)CC[C@H](C)C[C@H]12.C[C@H]1CC[C@@]2(C)C(CC[C@@H]3[C@@H]2CC[C@@]2(C)[C@H]3CCC23OCCO3)C1.C[C@H]1CC[C@@]2(C)[C@H](C1)C(=O)C[C@@H]1[C@@H]2CC[C@@]2(C)[C@H]1CCC21OCCO1.C[C@H]1CC[C@@]2(C)[C@H](C1)[C@@H](O)C[C@@H]1[C@@H]2CC[C@@]2(C)[C@H]1CCC21OCCO1.C[C@H]1CC[C@@]2(C)[C@H](C1)[C@H](CO)C[C@@H]1[C@@H]2CC[C@@]2(C)[C@H]1CCC21OCCO1.C[C@]12CC[C@H](O)CC1=CC[C@@H]1[C@@H]2CC[C@]2(C)C(=O)CC[C@@H]12. The quantitative estimate of drug-likeness (QED) is 0.210. The van der Waals surface area contributed by atoms with Crippen LogP contribution < -0.4 is 0 Å². The van der Waals surface area contributed by atoms with Gasteiger partial charge in [0.25, 0.3) is 0 Å². The molecule has 1 unspecified atom stereocenters. The Labute approximate surface area is 885 Å². The molecule has 0 aromatic rings. The highest BCUT2D eigenvalue weighted by molar-refractivity contribution is 5.87. The van der Waals surface area contributed by atoms with Gasteiger partial charge in [-0.05, 0) is 436 Å². The summed E-state index contributed by atoms with van der Waals surface area (Å²) in [4.78, 5) is 25.5. The fraction of sp³-hybridized carbons (Fsp3) is 0.954. The van der Waals surface area contributed by atoms with E-state index in [1.165, 1.54) is 224 Å². The van der Waals surface area contributed by atoms with E-state index in [2.05, 4.69) is 130 Å². The molecule has 0 bridgehead atoms. The van der Waals surface area contributed by atoms with Gasteiger partial charge in [0.1, 0.15) is 11.6 Å². The molecule has 28 fully saturated rings. The van der Waals surface area contributed by atoms with Crippen molar-refractivity contribution in [3.05, 3.63) is 23.8 Å². The summed E-state index contributed by atoms with van der Waals surface area (Å²) in [5.74, 6) is 21.4. The van der Waals surface area contributed by atoms with Crippen molar-refractivity contribution in [3.8, 4) is 0 Å². The van der Waals surface area contributed by atoms with Gasteiger partial charge in [0.05, 0.1) is 78.3 Å². The Morgan fingerprint density at radius 2 is 0.644 bits per heavy atom. The highest BCUT2D eigenvalue weighted by Crippen LogP contribution is 2.79. The van der Waals surface area contributed by atoms with Crippen molar-refractivity contribution in [2.45, 2.75) is 473 Å². The summed E-state index contributed by atoms with van der Waals surface area (Å²) in [6.07, 6.45) is 63.1. The van der Waals surface area contributed by atoms with Crippen LogP contribution in [-0.4, -0.2) is 141 Å². The number of carbonyl (C=O) groups is 2. The molecule has 0 amide bonds. The number of carbonyl (C=O) groups excluding carboxylic acids is 2. The van der Waals surface area contributed by atoms with Crippen LogP contribution in [0.2, 0.25) is 0 Å². The zero-order valence-corrected chi connectivity index (χ0v) is 95.3. The van der Waals surface area contributed by atoms with E-state index < -0.39 is 0 Å². The largest absolute Gasteiger partial charge is 0.396 e. The van der Waals surface area contributed by atoms with Crippen molar-refractivity contribution in [2.75, 3.05) is 72.7 Å². The third-order valence-corrected chi connectivity index (χ3v) is 56.6. The fourth-order valence-corrected chi connectivity index (χ4v) is 48.4. The number of aliphatic hydroxyl groups excluding tert-OH is 3. The molecule has 0 radical (unpaired) electrons. The number of ether oxygens (including phenoxy) is 10. The Kier molecular flexibility index (Phi) is 27.6. The molecule has 15 heteroatoms. The molecule has 146 heavy (non-hydrogen) atoms. The van der Waals surface area contributed by atoms with E-state index in [-0.39, 0.29) is 79.0 Å². The predicted octanol–water partition coefficient (Wildman–Crippen LogP) is 28.5. The molecular formula is C131H208O15. The van der Waals surface area contributed by atoms with Crippen LogP contribution in [-0.2, 0) is 57.0 Å². The average molecular weight is 2020 g/mol. The average Bonchev–Trinajstić information content (AvgIpc) is 1.46. The molecule has 43 atom stereocenters. The van der Waals surface area contributed by atoms with Crippen LogP contribution in [0.4, 0.5) is 0 Å². The van der Waals surface area contributed by atoms with E-state index in [9.17, 15) is 24.9 Å². The number of aliphatic hydroxyl groups is 3. The van der Waals surface area contributed by atoms with Crippen molar-refractivity contribution < 1.29 is 72.3 Å². The first-order valence-corrected chi connectivity index (χ1v) is 63.4. The Bertz CT molecular complexity index is 4670. The summed E-state index contributed by atoms with van der Waals surface area (Å²) in [7, 11) is 0. The number of hydrogen-bond donors (Lipinski definition) is 3. The molecule has 5 saturated heterocycles. The summed E-state index contributed by atoms with van der Waals surface area (Å²) in [5.41, 5.74) is 6.48. The second-order valence-corrected chi connectivity index (χ2v) is 61.7. The van der Waals surface area contributed by atoms with Crippen LogP contribution >= 0.6 is 0 Å². The van der Waals surface area contributed by atoms with Crippen molar-refractivity contribution in [1.29, 1.82) is 0 Å². The third-order valence-electron chi connectivity index (χ3n) is 56.6. The molecule has 822 valence electrons. The number of ketones is 2. The minimum absolute atomic E-state index is 0.0168. The standard InChI is InChI=1S/C23H38O3.C23H36O2.C22H36O3.C22H34O3.C22H36O2.C19H28O2/c1-15-4-7-21(2)18-5-8-22(3)19(6-9-23(22)25-10-11-26-23)17(18)13-16(14-24)20(21)12-15;1-15-5-8-21(3)18-6-9-22(4)19(7-10-23(22)24-11-12-25-23)17(18)14-16(2)20(21)13-15;2*1-14-4-7-20(2)16-5-8-21(3)17(6-9-22(21)24-10-11-25-22)15(16)13-19(23)18(20)12-14;1-15-6-9-20(2)16(14-15)4-5-17-18(20)7-10-21(3)19(17)8-11-22(21)23-12-13-24-22;1-18-9-7-13(20)11-12(18)3-4-14-15-5-6-17(21)19(15,2)10-8-16(14)18/h15-20,24H,4-14H2,1-3H3;15,17-20H,2,5-14H2,1,3-4H3;14-19,23H,4-13H2,1-3H3;14-18H,4-13H2,1-3H3;15-19H,4-14H2,1-3H3;3,13-16,20H,4-11H2,1-2H3/t15-,16-,17+,18-,19-,20+,21+,22-;15-,17+,18-,19-,20+,21+,22-;14-,15+,16-,17-,18+,19-,20+,21-;14-,15+,16-,17-,18+,20+,21-;15-,16?,17+,18-,19-,20-,21-;13-,14-,15-,16-,18-,19-/m000000/s1. The topological polar surface area (TPSA) is 187 Å². The maximum atomic E-state index is 13.2. The molecule has 29 rings (SSSR count). The van der Waals surface area contributed by atoms with E-state index in [0.717, 1.165) is 275 Å². The number of rotatable bonds is 1. The lowest BCUT2D eigenvalue weighted by Gasteiger charge is -2.63. The molecule has 29 aliphatic rings. The molecular weight excluding hydrogens is 1810 g/mol. The number of allylic oxidation sites excluding steroid dienone is 2. The Morgan fingerprint density at radius 3 is 1.11 bits per heavy atom. The van der Waals surface area contributed by atoms with Gasteiger partial charge in [-0.25, -0.2) is 0 Å². The molecule has 15 nitrogen and oxygen atoms in total. The smallest absolute Gasteiger partial charge is 0.174 e. The van der Waals surface area contributed by atoms with Crippen molar-refractivity contribution >= 4 is 11.6 Å². The Balaban J connectivity index is 0.0000000940. The minimum atomic E-state index is -0.343. The van der Waals surface area contributed by atoms with Gasteiger partial charge in [-0.2, -0.15) is 0 Å². The van der Waals surface area contributed by atoms with Gasteiger partial charge in [-0.15, -0.1) is 0 Å². The maximum absolute atomic E-state index is 13.2. The molecule has 3 N–H and O–H groups in total. The van der Waals surface area contributed by atoms with Gasteiger partial charge in [0.2, 0.25) is 0 Å². The maximum Gasteiger partial charge on any atom is 0.174 e. The number of hydrogen-bond acceptors (Lipinski definition) is 15. The fourth-order valence-electron chi connectivity index (χ4n) is 48.4. The van der Waals surface area contributed by atoms with Gasteiger partial charge in [0.15, 0.2) is 28.9 Å². The number of fused-ring (bicyclic) bond motifs is 35. The monoisotopic (exact) mass is 2020 g/mol. The summed E-state index contributed by atoms with van der Waals surface area (Å²) in [6, 6.07) is 0. The highest BCUT2D eigenvalue weighted by Gasteiger charge is 2.76. The summed E-state index contributed by atoms with van der Waals surface area (Å²) >= 11 is 0. The second-order valence-electron chi connectivity index (χ2n) is 61.7. The second kappa shape index (κ2) is 38.0. The van der Waals surface area contributed by atoms with E-state index in [4.69, 9.17) is 47.4 Å². The first kappa shape index (κ1) is 106. The predicted molar refractivity (Wildman–Crippen MR) is 573 cm³/mol. The zero-order valence-electron chi connectivity index (χ0n) is 95.3. The first-order valence-electron chi connectivity index (χ1n) is 63.4. The van der Waals surface area contributed by atoms with Crippen molar-refractivity contribution in [3.63, 3.8) is 0 Å². The summed E-state index contributed by atoms with van der Waals surface area (Å²) in [6.45, 7) is 54.8. The van der Waals surface area contributed by atoms with Crippen LogP contribution in [0, 0.1) is 237 Å². The summed E-state index contributed by atoms with van der Waals surface area (Å²) < 4.78 is 62.6. The number of Topliss-reactive ketones (excluding diaryl/α,β-unsaturated/α-hetero) is 2. The molecule has 5 aliphatic heterocycles. The van der Waals surface area contributed by atoms with Crippen LogP contribution in [0.3, 0.4) is 0 Å². The highest BCUT2D eigenvalue weighted by atomic mass is 16.8. The molecule has 5 spiro atoms. The zero-order chi connectivity index (χ0) is 102. The lowest BCUT2D eigenvalue weighted by molar-refractivity contribution is -0.252. The minimum Gasteiger partial charge on any atom is -0.396 e. The van der Waals surface area contributed by atoms with E-state index in [1.807, 2.05) is 0 Å². The molecule has 0 aromatic carbocycles. The molecule has 5 heterocycles. The normalized spacial score (nSPS) is 55.0. The van der Waals surface area contributed by atoms with Gasteiger partial charge in [0, 0.05) is 90.0 Å². The van der Waals surface area contributed by atoms with Gasteiger partial charge < -0.3 is 62.7 Å². The van der Waals surface area contributed by atoms with Gasteiger partial charge >= 0.3 is 0 Å². The van der Waals surface area contributed by atoms with Crippen LogP contribution in [0.25, 0.3) is 0 Å². The van der Waals surface area contributed by atoms with E-state index >= 15 is 0 Å².